The first kappa shape index (κ1) is 27.8. The van der Waals surface area contributed by atoms with Crippen LogP contribution in [0.2, 0.25) is 0 Å². The van der Waals surface area contributed by atoms with Gasteiger partial charge in [-0.05, 0) is 29.8 Å². The first-order valence-corrected chi connectivity index (χ1v) is 10.1. The topological polar surface area (TPSA) is 140 Å². The van der Waals surface area contributed by atoms with Gasteiger partial charge >= 0.3 is 24.4 Å². The number of amides is 3. The summed E-state index contributed by atoms with van der Waals surface area (Å²) in [4.78, 5) is 38.8. The van der Waals surface area contributed by atoms with E-state index in [0.29, 0.717) is 11.6 Å². The molecule has 10 nitrogen and oxygen atoms in total. The number of halogens is 7. The third kappa shape index (κ3) is 6.89. The summed E-state index contributed by atoms with van der Waals surface area (Å²) in [5, 5.41) is 10.3. The number of benzene rings is 2. The molecule has 0 spiro atoms. The molecule has 3 rings (SSSR count). The van der Waals surface area contributed by atoms with Crippen molar-refractivity contribution in [3.8, 4) is 0 Å². The molecule has 3 amide bonds. The second kappa shape index (κ2) is 10.7. The van der Waals surface area contributed by atoms with E-state index in [1.807, 2.05) is 5.32 Å². The summed E-state index contributed by atoms with van der Waals surface area (Å²) < 4.78 is 89.8. The highest BCUT2D eigenvalue weighted by Gasteiger charge is 2.42. The highest BCUT2D eigenvalue weighted by Crippen LogP contribution is 2.34. The molecule has 1 aromatic heterocycles. The number of hydrogen-bond acceptors (Lipinski definition) is 6. The summed E-state index contributed by atoms with van der Waals surface area (Å²) in [6.07, 6.45) is -9.52. The van der Waals surface area contributed by atoms with Gasteiger partial charge < -0.3 is 26.5 Å². The minimum Gasteiger partial charge on any atom is -0.378 e. The first-order chi connectivity index (χ1) is 17.6. The lowest BCUT2D eigenvalue weighted by atomic mass is 10.1. The number of nitrogens with two attached hydrogens (primary N) is 1. The van der Waals surface area contributed by atoms with Crippen molar-refractivity contribution in [3.63, 3.8) is 0 Å². The predicted molar refractivity (Wildman–Crippen MR) is 116 cm³/mol. The fourth-order valence-corrected chi connectivity index (χ4v) is 2.94. The molecule has 0 fully saturated rings. The zero-order valence-electron chi connectivity index (χ0n) is 18.6. The Bertz CT molecular complexity index is 1370. The van der Waals surface area contributed by atoms with Gasteiger partial charge in [0, 0.05) is 12.2 Å². The Morgan fingerprint density at radius 3 is 2.29 bits per heavy atom. The van der Waals surface area contributed by atoms with Crippen LogP contribution >= 0.6 is 0 Å². The maximum Gasteiger partial charge on any atom is 0.493 e. The van der Waals surface area contributed by atoms with Crippen molar-refractivity contribution in [1.82, 2.24) is 9.94 Å². The molecule has 0 radical (unpaired) electrons. The Kier molecular flexibility index (Phi) is 7.78. The lowest BCUT2D eigenvalue weighted by Crippen LogP contribution is -2.33. The van der Waals surface area contributed by atoms with Crippen LogP contribution in [0.15, 0.2) is 48.7 Å². The lowest BCUT2D eigenvalue weighted by molar-refractivity contribution is -0.201. The van der Waals surface area contributed by atoms with Crippen LogP contribution in [0.5, 0.6) is 0 Å². The van der Waals surface area contributed by atoms with E-state index in [-0.39, 0.29) is 22.8 Å². The van der Waals surface area contributed by atoms with Crippen molar-refractivity contribution in [3.05, 3.63) is 71.3 Å². The third-order valence-electron chi connectivity index (χ3n) is 4.55. The molecule has 2 aromatic carbocycles. The summed E-state index contributed by atoms with van der Waals surface area (Å²) in [5.41, 5.74) is 2.68. The minimum atomic E-state index is -5.32. The Hall–Kier alpha value is -4.83. The Morgan fingerprint density at radius 1 is 0.974 bits per heavy atom. The molecule has 0 saturated heterocycles. The SMILES string of the molecule is NC(=O)c1nn(OC(=O)C(F)(F)F)cc1NCc1cccc(NC(=O)Nc2cccc(C(F)(F)F)c2F)c1. The largest absolute Gasteiger partial charge is 0.493 e. The van der Waals surface area contributed by atoms with Crippen molar-refractivity contribution >= 4 is 35.0 Å². The quantitative estimate of drug-likeness (QED) is 0.330. The second-order valence-electron chi connectivity index (χ2n) is 7.33. The number of carbonyl (C=O) groups is 3. The van der Waals surface area contributed by atoms with E-state index in [1.54, 1.807) is 0 Å². The molecule has 0 atom stereocenters. The van der Waals surface area contributed by atoms with Crippen molar-refractivity contribution in [1.29, 1.82) is 0 Å². The smallest absolute Gasteiger partial charge is 0.378 e. The standard InChI is InChI=1S/C21H15F7N6O4/c22-15-12(20(23,24)25)5-2-6-13(15)32-19(37)31-11-4-1-3-10(7-11)8-30-14-9-34(33-16(14)17(29)35)38-18(36)21(26,27)28/h1-7,9,30H,8H2,(H2,29,35)(H2,31,32,37). The lowest BCUT2D eigenvalue weighted by Gasteiger charge is -2.13. The van der Waals surface area contributed by atoms with E-state index in [9.17, 15) is 45.1 Å². The normalized spacial score (nSPS) is 11.6. The molecule has 0 aliphatic rings. The molecule has 0 aliphatic carbocycles. The van der Waals surface area contributed by atoms with Gasteiger partial charge in [-0.2, -0.15) is 26.3 Å². The summed E-state index contributed by atoms with van der Waals surface area (Å²) >= 11 is 0. The zero-order chi connectivity index (χ0) is 28.3. The van der Waals surface area contributed by atoms with Crippen LogP contribution in [0.1, 0.15) is 21.6 Å². The maximum absolute atomic E-state index is 14.1. The molecule has 17 heteroatoms. The highest BCUT2D eigenvalue weighted by molar-refractivity contribution is 6.00. The number of carbonyl (C=O) groups excluding carboxylic acids is 3. The fraction of sp³-hybridized carbons (Fsp3) is 0.143. The van der Waals surface area contributed by atoms with Gasteiger partial charge in [-0.25, -0.2) is 14.0 Å². The monoisotopic (exact) mass is 548 g/mol. The number of alkyl halides is 6. The third-order valence-corrected chi connectivity index (χ3v) is 4.55. The summed E-state index contributed by atoms with van der Waals surface area (Å²) in [6, 6.07) is 7.08. The summed E-state index contributed by atoms with van der Waals surface area (Å²) in [7, 11) is 0. The van der Waals surface area contributed by atoms with E-state index >= 15 is 0 Å². The zero-order valence-corrected chi connectivity index (χ0v) is 18.6. The van der Waals surface area contributed by atoms with E-state index < -0.39 is 53.0 Å². The van der Waals surface area contributed by atoms with Crippen LogP contribution < -0.4 is 26.5 Å². The number of aromatic nitrogens is 2. The Morgan fingerprint density at radius 2 is 1.66 bits per heavy atom. The Balaban J connectivity index is 1.68. The van der Waals surface area contributed by atoms with Gasteiger partial charge in [0.25, 0.3) is 5.91 Å². The van der Waals surface area contributed by atoms with Crippen LogP contribution in [0.25, 0.3) is 0 Å². The molecule has 3 aromatic rings. The second-order valence-corrected chi connectivity index (χ2v) is 7.33. The van der Waals surface area contributed by atoms with Crippen molar-refractivity contribution in [2.24, 2.45) is 5.73 Å². The van der Waals surface area contributed by atoms with Gasteiger partial charge in [-0.15, -0.1) is 5.10 Å². The number of anilines is 3. The molecular formula is C21H15F7N6O4. The van der Waals surface area contributed by atoms with Gasteiger partial charge in [0.15, 0.2) is 11.5 Å². The van der Waals surface area contributed by atoms with Crippen LogP contribution in [-0.4, -0.2) is 34.0 Å². The molecule has 0 saturated carbocycles. The number of primary amides is 1. The van der Waals surface area contributed by atoms with E-state index in [4.69, 9.17) is 5.73 Å². The van der Waals surface area contributed by atoms with Gasteiger partial charge in [0.2, 0.25) is 0 Å². The average molecular weight is 548 g/mol. The van der Waals surface area contributed by atoms with E-state index in [1.165, 1.54) is 24.3 Å². The Labute approximate surface area is 207 Å². The van der Waals surface area contributed by atoms with Crippen LogP contribution in [0.3, 0.4) is 0 Å². The molecule has 0 aliphatic heterocycles. The molecule has 5 N–H and O–H groups in total. The minimum absolute atomic E-state index is 0.105. The fourth-order valence-electron chi connectivity index (χ4n) is 2.94. The molecule has 1 heterocycles. The van der Waals surface area contributed by atoms with Crippen molar-refractivity contribution < 1.29 is 50.0 Å². The number of hydrogen-bond donors (Lipinski definition) is 4. The molecule has 0 bridgehead atoms. The van der Waals surface area contributed by atoms with Crippen LogP contribution in [0.4, 0.5) is 52.6 Å². The van der Waals surface area contributed by atoms with Gasteiger partial charge in [-0.1, -0.05) is 23.0 Å². The molecule has 0 unspecified atom stereocenters. The predicted octanol–water partition coefficient (Wildman–Crippen LogP) is 3.91. The first-order valence-electron chi connectivity index (χ1n) is 10.1. The van der Waals surface area contributed by atoms with Crippen LogP contribution in [-0.2, 0) is 17.5 Å². The maximum atomic E-state index is 14.1. The van der Waals surface area contributed by atoms with Crippen molar-refractivity contribution in [2.45, 2.75) is 18.9 Å². The van der Waals surface area contributed by atoms with Gasteiger partial charge in [0.1, 0.15) is 0 Å². The van der Waals surface area contributed by atoms with Crippen molar-refractivity contribution in [2.75, 3.05) is 16.0 Å². The number of rotatable bonds is 7. The summed E-state index contributed by atoms with van der Waals surface area (Å²) in [6.45, 7) is -0.113. The number of nitrogens with zero attached hydrogens (tertiary/aromatic N) is 2. The van der Waals surface area contributed by atoms with E-state index in [0.717, 1.165) is 18.3 Å². The number of nitrogens with one attached hydrogen (secondary N) is 3. The molecule has 202 valence electrons. The van der Waals surface area contributed by atoms with Gasteiger partial charge in [0.05, 0.1) is 23.1 Å². The van der Waals surface area contributed by atoms with E-state index in [2.05, 4.69) is 20.6 Å². The molecular weight excluding hydrogens is 533 g/mol. The van der Waals surface area contributed by atoms with Crippen LogP contribution in [0, 0.1) is 5.82 Å². The van der Waals surface area contributed by atoms with Gasteiger partial charge in [-0.3, -0.25) is 4.79 Å². The number of urea groups is 1. The highest BCUT2D eigenvalue weighted by atomic mass is 19.4. The molecule has 38 heavy (non-hydrogen) atoms. The summed E-state index contributed by atoms with van der Waals surface area (Å²) in [5.74, 6) is -5.41. The average Bonchev–Trinajstić information content (AvgIpc) is 3.21.